The van der Waals surface area contributed by atoms with Gasteiger partial charge < -0.3 is 10.1 Å². The zero-order valence-electron chi connectivity index (χ0n) is 9.46. The summed E-state index contributed by atoms with van der Waals surface area (Å²) in [5, 5.41) is 2.76. The van der Waals surface area contributed by atoms with E-state index in [1.54, 1.807) is 6.07 Å². The molecule has 1 N–H and O–H groups in total. The van der Waals surface area contributed by atoms with Crippen molar-refractivity contribution < 1.29 is 9.53 Å². The normalized spacial score (nSPS) is 9.80. The van der Waals surface area contributed by atoms with Crippen molar-refractivity contribution in [1.29, 1.82) is 0 Å². The Labute approximate surface area is 90.4 Å². The average molecular weight is 207 g/mol. The first-order valence-electron chi connectivity index (χ1n) is 5.20. The maximum atomic E-state index is 11.5. The van der Waals surface area contributed by atoms with Gasteiger partial charge in [0.25, 0.3) is 5.91 Å². The van der Waals surface area contributed by atoms with Crippen LogP contribution in [0.25, 0.3) is 0 Å². The summed E-state index contributed by atoms with van der Waals surface area (Å²) in [7, 11) is 0. The fourth-order valence-corrected chi connectivity index (χ4v) is 1.37. The minimum absolute atomic E-state index is 0.0383. The van der Waals surface area contributed by atoms with Crippen LogP contribution >= 0.6 is 0 Å². The lowest BCUT2D eigenvalue weighted by atomic mass is 10.1. The lowest BCUT2D eigenvalue weighted by Crippen LogP contribution is -2.22. The van der Waals surface area contributed by atoms with E-state index in [0.717, 1.165) is 11.3 Å². The van der Waals surface area contributed by atoms with Gasteiger partial charge >= 0.3 is 0 Å². The second kappa shape index (κ2) is 5.39. The Morgan fingerprint density at radius 2 is 2.13 bits per heavy atom. The van der Waals surface area contributed by atoms with Crippen molar-refractivity contribution >= 4 is 5.91 Å². The molecule has 1 amide bonds. The monoisotopic (exact) mass is 207 g/mol. The molecular formula is C12H17NO2. The molecule has 82 valence electrons. The number of ether oxygens (including phenoxy) is 1. The summed E-state index contributed by atoms with van der Waals surface area (Å²) < 4.78 is 5.40. The molecule has 1 rings (SSSR count). The first kappa shape index (κ1) is 11.6. The van der Waals surface area contributed by atoms with Crippen molar-refractivity contribution in [1.82, 2.24) is 5.32 Å². The molecule has 0 atom stereocenters. The Hall–Kier alpha value is -1.51. The summed E-state index contributed by atoms with van der Waals surface area (Å²) in [6, 6.07) is 5.46. The van der Waals surface area contributed by atoms with Crippen LogP contribution in [-0.2, 0) is 0 Å². The van der Waals surface area contributed by atoms with Crippen LogP contribution in [0.5, 0.6) is 5.75 Å². The Morgan fingerprint density at radius 3 is 2.67 bits per heavy atom. The predicted octanol–water partition coefficient (Wildman–Crippen LogP) is 2.14. The fraction of sp³-hybridized carbons (Fsp3) is 0.417. The minimum atomic E-state index is -0.0383. The van der Waals surface area contributed by atoms with Crippen LogP contribution in [-0.4, -0.2) is 19.1 Å². The van der Waals surface area contributed by atoms with Crippen LogP contribution in [0.3, 0.4) is 0 Å². The van der Waals surface area contributed by atoms with Gasteiger partial charge in [0, 0.05) is 12.1 Å². The number of aryl methyl sites for hydroxylation is 1. The van der Waals surface area contributed by atoms with Gasteiger partial charge in [-0.3, -0.25) is 4.79 Å². The molecule has 1 aromatic carbocycles. The lowest BCUT2D eigenvalue weighted by Gasteiger charge is -2.08. The van der Waals surface area contributed by atoms with E-state index in [4.69, 9.17) is 4.74 Å². The average Bonchev–Trinajstić information content (AvgIpc) is 2.21. The Morgan fingerprint density at radius 1 is 1.40 bits per heavy atom. The number of hydrogen-bond donors (Lipinski definition) is 1. The number of rotatable bonds is 4. The number of amides is 1. The molecule has 0 aliphatic heterocycles. The van der Waals surface area contributed by atoms with Crippen molar-refractivity contribution in [3.8, 4) is 5.75 Å². The van der Waals surface area contributed by atoms with Gasteiger partial charge in [0.1, 0.15) is 5.75 Å². The number of carbonyl (C=O) groups is 1. The number of nitrogens with one attached hydrogen (secondary N) is 1. The highest BCUT2D eigenvalue weighted by molar-refractivity contribution is 5.94. The number of carbonyl (C=O) groups excluding carboxylic acids is 1. The Bertz CT molecular complexity index is 347. The van der Waals surface area contributed by atoms with Crippen molar-refractivity contribution in [3.05, 3.63) is 29.3 Å². The third kappa shape index (κ3) is 2.98. The second-order valence-corrected chi connectivity index (χ2v) is 3.27. The molecule has 3 heteroatoms. The van der Waals surface area contributed by atoms with Crippen LogP contribution in [0.2, 0.25) is 0 Å². The predicted molar refractivity (Wildman–Crippen MR) is 60.4 cm³/mol. The highest BCUT2D eigenvalue weighted by Gasteiger charge is 2.06. The molecule has 0 radical (unpaired) electrons. The van der Waals surface area contributed by atoms with E-state index in [0.29, 0.717) is 18.7 Å². The molecule has 0 fully saturated rings. The zero-order valence-corrected chi connectivity index (χ0v) is 9.46. The van der Waals surface area contributed by atoms with Crippen LogP contribution in [0.1, 0.15) is 29.8 Å². The second-order valence-electron chi connectivity index (χ2n) is 3.27. The van der Waals surface area contributed by atoms with Crippen molar-refractivity contribution in [2.75, 3.05) is 13.2 Å². The third-order valence-corrected chi connectivity index (χ3v) is 2.07. The molecule has 0 heterocycles. The van der Waals surface area contributed by atoms with E-state index in [1.807, 2.05) is 32.9 Å². The lowest BCUT2D eigenvalue weighted by molar-refractivity contribution is 0.0955. The highest BCUT2D eigenvalue weighted by Crippen LogP contribution is 2.18. The Kier molecular flexibility index (Phi) is 4.16. The Balaban J connectivity index is 2.86. The molecule has 0 spiro atoms. The van der Waals surface area contributed by atoms with Crippen LogP contribution in [0.15, 0.2) is 18.2 Å². The van der Waals surface area contributed by atoms with Crippen LogP contribution in [0.4, 0.5) is 0 Å². The largest absolute Gasteiger partial charge is 0.494 e. The van der Waals surface area contributed by atoms with E-state index in [1.165, 1.54) is 0 Å². The van der Waals surface area contributed by atoms with Crippen LogP contribution in [0, 0.1) is 6.92 Å². The van der Waals surface area contributed by atoms with Gasteiger partial charge in [0.05, 0.1) is 6.61 Å². The van der Waals surface area contributed by atoms with E-state index < -0.39 is 0 Å². The van der Waals surface area contributed by atoms with Gasteiger partial charge in [-0.25, -0.2) is 0 Å². The van der Waals surface area contributed by atoms with Crippen molar-refractivity contribution in [2.24, 2.45) is 0 Å². The molecule has 1 aromatic rings. The van der Waals surface area contributed by atoms with E-state index >= 15 is 0 Å². The smallest absolute Gasteiger partial charge is 0.251 e. The summed E-state index contributed by atoms with van der Waals surface area (Å²) in [4.78, 5) is 11.5. The van der Waals surface area contributed by atoms with Crippen molar-refractivity contribution in [2.45, 2.75) is 20.8 Å². The van der Waals surface area contributed by atoms with E-state index in [9.17, 15) is 4.79 Å². The molecule has 0 saturated carbocycles. The van der Waals surface area contributed by atoms with Crippen LogP contribution < -0.4 is 10.1 Å². The summed E-state index contributed by atoms with van der Waals surface area (Å²) in [6.07, 6.45) is 0. The quantitative estimate of drug-likeness (QED) is 0.821. The molecular weight excluding hydrogens is 190 g/mol. The first-order valence-corrected chi connectivity index (χ1v) is 5.20. The molecule has 3 nitrogen and oxygen atoms in total. The maximum Gasteiger partial charge on any atom is 0.251 e. The summed E-state index contributed by atoms with van der Waals surface area (Å²) >= 11 is 0. The highest BCUT2D eigenvalue weighted by atomic mass is 16.5. The van der Waals surface area contributed by atoms with Gasteiger partial charge in [-0.1, -0.05) is 0 Å². The SMILES string of the molecule is CCNC(=O)c1ccc(OCC)c(C)c1. The molecule has 0 aliphatic carbocycles. The van der Waals surface area contributed by atoms with E-state index in [-0.39, 0.29) is 5.91 Å². The van der Waals surface area contributed by atoms with Gasteiger partial charge in [0.2, 0.25) is 0 Å². The maximum absolute atomic E-state index is 11.5. The first-order chi connectivity index (χ1) is 7.19. The third-order valence-electron chi connectivity index (χ3n) is 2.07. The summed E-state index contributed by atoms with van der Waals surface area (Å²) in [5.74, 6) is 0.800. The van der Waals surface area contributed by atoms with Gasteiger partial charge in [0.15, 0.2) is 0 Å². The number of hydrogen-bond acceptors (Lipinski definition) is 2. The van der Waals surface area contributed by atoms with Gasteiger partial charge in [-0.05, 0) is 44.5 Å². The summed E-state index contributed by atoms with van der Waals surface area (Å²) in [5.41, 5.74) is 1.67. The summed E-state index contributed by atoms with van der Waals surface area (Å²) in [6.45, 7) is 7.07. The van der Waals surface area contributed by atoms with Gasteiger partial charge in [-0.2, -0.15) is 0 Å². The fourth-order valence-electron chi connectivity index (χ4n) is 1.37. The molecule has 0 saturated heterocycles. The van der Waals surface area contributed by atoms with Gasteiger partial charge in [-0.15, -0.1) is 0 Å². The molecule has 0 bridgehead atoms. The van der Waals surface area contributed by atoms with Crippen molar-refractivity contribution in [3.63, 3.8) is 0 Å². The zero-order chi connectivity index (χ0) is 11.3. The standard InChI is InChI=1S/C12H17NO2/c1-4-13-12(14)10-6-7-11(15-5-2)9(3)8-10/h6-8H,4-5H2,1-3H3,(H,13,14). The molecule has 0 unspecified atom stereocenters. The number of benzene rings is 1. The molecule has 0 aliphatic rings. The molecule has 0 aromatic heterocycles. The minimum Gasteiger partial charge on any atom is -0.494 e. The van der Waals surface area contributed by atoms with E-state index in [2.05, 4.69) is 5.32 Å². The topological polar surface area (TPSA) is 38.3 Å². The molecule has 15 heavy (non-hydrogen) atoms.